The zero-order valence-corrected chi connectivity index (χ0v) is 15.6. The molecule has 0 aromatic carbocycles. The molecule has 0 unspecified atom stereocenters. The minimum Gasteiger partial charge on any atom is -0.340 e. The molecule has 1 saturated heterocycles. The molecule has 1 aliphatic carbocycles. The van der Waals surface area contributed by atoms with Crippen molar-refractivity contribution in [3.05, 3.63) is 16.1 Å². The molecule has 0 spiro atoms. The minimum atomic E-state index is 0.0740. The SMILES string of the molecule is Cc1nc(CN2CCN(C(=O)CC3(CN)CCCCC3)CC2)cs1. The fourth-order valence-electron chi connectivity index (χ4n) is 4.05. The van der Waals surface area contributed by atoms with Crippen LogP contribution in [0.1, 0.15) is 49.2 Å². The maximum Gasteiger partial charge on any atom is 0.223 e. The van der Waals surface area contributed by atoms with Crippen LogP contribution in [0.25, 0.3) is 0 Å². The lowest BCUT2D eigenvalue weighted by molar-refractivity contribution is -0.136. The van der Waals surface area contributed by atoms with Crippen LogP contribution in [0, 0.1) is 12.3 Å². The summed E-state index contributed by atoms with van der Waals surface area (Å²) in [7, 11) is 0. The molecule has 6 heteroatoms. The van der Waals surface area contributed by atoms with Crippen molar-refractivity contribution in [1.82, 2.24) is 14.8 Å². The number of amides is 1. The smallest absolute Gasteiger partial charge is 0.223 e. The Morgan fingerprint density at radius 3 is 2.54 bits per heavy atom. The maximum atomic E-state index is 12.7. The summed E-state index contributed by atoms with van der Waals surface area (Å²) in [5, 5.41) is 3.26. The Hall–Kier alpha value is -0.980. The monoisotopic (exact) mass is 350 g/mol. The van der Waals surface area contributed by atoms with Gasteiger partial charge in [-0.1, -0.05) is 19.3 Å². The van der Waals surface area contributed by atoms with Gasteiger partial charge in [0.1, 0.15) is 0 Å². The van der Waals surface area contributed by atoms with Crippen molar-refractivity contribution >= 4 is 17.2 Å². The Kier molecular flexibility index (Phi) is 5.89. The van der Waals surface area contributed by atoms with E-state index in [1.807, 2.05) is 6.92 Å². The lowest BCUT2D eigenvalue weighted by atomic mass is 9.71. The van der Waals surface area contributed by atoms with Crippen LogP contribution in [0.2, 0.25) is 0 Å². The first-order valence-corrected chi connectivity index (χ1v) is 10.1. The Bertz CT molecular complexity index is 545. The van der Waals surface area contributed by atoms with E-state index in [0.717, 1.165) is 56.3 Å². The van der Waals surface area contributed by atoms with Gasteiger partial charge in [0.2, 0.25) is 5.91 Å². The van der Waals surface area contributed by atoms with E-state index in [-0.39, 0.29) is 5.41 Å². The number of hydrogen-bond donors (Lipinski definition) is 1. The molecule has 1 aliphatic heterocycles. The third-order valence-corrected chi connectivity index (χ3v) is 6.47. The van der Waals surface area contributed by atoms with E-state index in [2.05, 4.69) is 20.2 Å². The Labute approximate surface area is 149 Å². The third-order valence-electron chi connectivity index (χ3n) is 5.65. The van der Waals surface area contributed by atoms with E-state index >= 15 is 0 Å². The largest absolute Gasteiger partial charge is 0.340 e. The number of rotatable bonds is 5. The van der Waals surface area contributed by atoms with Crippen LogP contribution in [0.3, 0.4) is 0 Å². The van der Waals surface area contributed by atoms with Gasteiger partial charge in [0.25, 0.3) is 0 Å². The lowest BCUT2D eigenvalue weighted by Crippen LogP contribution is -2.50. The molecule has 1 aromatic heterocycles. The highest BCUT2D eigenvalue weighted by atomic mass is 32.1. The molecule has 0 atom stereocenters. The summed E-state index contributed by atoms with van der Waals surface area (Å²) < 4.78 is 0. The molecule has 1 saturated carbocycles. The molecule has 0 radical (unpaired) electrons. The first-order chi connectivity index (χ1) is 11.6. The van der Waals surface area contributed by atoms with Crippen LogP contribution >= 0.6 is 11.3 Å². The second-order valence-corrected chi connectivity index (χ2v) is 8.52. The predicted molar refractivity (Wildman–Crippen MR) is 97.9 cm³/mol. The van der Waals surface area contributed by atoms with Gasteiger partial charge >= 0.3 is 0 Å². The van der Waals surface area contributed by atoms with E-state index in [1.54, 1.807) is 11.3 Å². The van der Waals surface area contributed by atoms with Gasteiger partial charge in [0.05, 0.1) is 10.7 Å². The summed E-state index contributed by atoms with van der Waals surface area (Å²) >= 11 is 1.71. The molecule has 2 heterocycles. The van der Waals surface area contributed by atoms with Crippen LogP contribution < -0.4 is 5.73 Å². The fraction of sp³-hybridized carbons (Fsp3) is 0.778. The average molecular weight is 351 g/mol. The van der Waals surface area contributed by atoms with Gasteiger partial charge in [-0.2, -0.15) is 0 Å². The number of aromatic nitrogens is 1. The molecule has 5 nitrogen and oxygen atoms in total. The van der Waals surface area contributed by atoms with Crippen LogP contribution in [-0.2, 0) is 11.3 Å². The first kappa shape index (κ1) is 17.8. The molecule has 2 fully saturated rings. The molecular formula is C18H30N4OS. The van der Waals surface area contributed by atoms with E-state index in [4.69, 9.17) is 5.73 Å². The summed E-state index contributed by atoms with van der Waals surface area (Å²) in [6.45, 7) is 7.16. The standard InChI is InChI=1S/C18H30N4OS/c1-15-20-16(13-24-15)12-21-7-9-22(10-8-21)17(23)11-18(14-19)5-3-2-4-6-18/h13H,2-12,14,19H2,1H3. The highest BCUT2D eigenvalue weighted by Gasteiger charge is 2.35. The maximum absolute atomic E-state index is 12.7. The fourth-order valence-corrected chi connectivity index (χ4v) is 4.66. The van der Waals surface area contributed by atoms with Crippen molar-refractivity contribution in [1.29, 1.82) is 0 Å². The number of nitrogens with zero attached hydrogens (tertiary/aromatic N) is 3. The summed E-state index contributed by atoms with van der Waals surface area (Å²) in [4.78, 5) is 21.7. The summed E-state index contributed by atoms with van der Waals surface area (Å²) in [6, 6.07) is 0. The van der Waals surface area contributed by atoms with Crippen molar-refractivity contribution in [3.63, 3.8) is 0 Å². The molecule has 0 bridgehead atoms. The second kappa shape index (κ2) is 7.93. The van der Waals surface area contributed by atoms with E-state index in [1.165, 1.54) is 19.3 Å². The summed E-state index contributed by atoms with van der Waals surface area (Å²) in [5.41, 5.74) is 7.27. The van der Waals surface area contributed by atoms with Crippen LogP contribution in [-0.4, -0.2) is 53.4 Å². The van der Waals surface area contributed by atoms with Crippen LogP contribution in [0.5, 0.6) is 0 Å². The number of carbonyl (C=O) groups excluding carboxylic acids is 1. The van der Waals surface area contributed by atoms with Crippen LogP contribution in [0.4, 0.5) is 0 Å². The van der Waals surface area contributed by atoms with Gasteiger partial charge in [-0.15, -0.1) is 11.3 Å². The van der Waals surface area contributed by atoms with Crippen molar-refractivity contribution < 1.29 is 4.79 Å². The predicted octanol–water partition coefficient (Wildman–Crippen LogP) is 2.40. The van der Waals surface area contributed by atoms with Crippen molar-refractivity contribution in [2.45, 2.75) is 52.0 Å². The number of carbonyl (C=O) groups is 1. The lowest BCUT2D eigenvalue weighted by Gasteiger charge is -2.39. The van der Waals surface area contributed by atoms with Crippen LogP contribution in [0.15, 0.2) is 5.38 Å². The van der Waals surface area contributed by atoms with Crippen molar-refractivity contribution in [3.8, 4) is 0 Å². The molecule has 134 valence electrons. The van der Waals surface area contributed by atoms with Gasteiger partial charge in [-0.3, -0.25) is 9.69 Å². The average Bonchev–Trinajstić information content (AvgIpc) is 3.01. The summed E-state index contributed by atoms with van der Waals surface area (Å²) in [6.07, 6.45) is 6.65. The van der Waals surface area contributed by atoms with Gasteiger partial charge < -0.3 is 10.6 Å². The van der Waals surface area contributed by atoms with E-state index in [0.29, 0.717) is 18.9 Å². The highest BCUT2D eigenvalue weighted by molar-refractivity contribution is 7.09. The number of nitrogens with two attached hydrogens (primary N) is 1. The molecule has 2 N–H and O–H groups in total. The zero-order valence-electron chi connectivity index (χ0n) is 14.8. The van der Waals surface area contributed by atoms with Gasteiger partial charge in [0, 0.05) is 44.5 Å². The quantitative estimate of drug-likeness (QED) is 0.886. The molecule has 1 amide bonds. The zero-order chi connectivity index (χ0) is 17.0. The van der Waals surface area contributed by atoms with E-state index in [9.17, 15) is 4.79 Å². The topological polar surface area (TPSA) is 62.5 Å². The highest BCUT2D eigenvalue weighted by Crippen LogP contribution is 2.38. The van der Waals surface area contributed by atoms with E-state index < -0.39 is 0 Å². The third kappa shape index (κ3) is 4.35. The number of aryl methyl sites for hydroxylation is 1. The minimum absolute atomic E-state index is 0.0740. The molecule has 1 aromatic rings. The first-order valence-electron chi connectivity index (χ1n) is 9.21. The van der Waals surface area contributed by atoms with Gasteiger partial charge in [0.15, 0.2) is 0 Å². The molecule has 24 heavy (non-hydrogen) atoms. The van der Waals surface area contributed by atoms with Crippen molar-refractivity contribution in [2.24, 2.45) is 11.1 Å². The Morgan fingerprint density at radius 1 is 1.25 bits per heavy atom. The molecular weight excluding hydrogens is 320 g/mol. The molecule has 2 aliphatic rings. The molecule has 3 rings (SSSR count). The van der Waals surface area contributed by atoms with Crippen molar-refractivity contribution in [2.75, 3.05) is 32.7 Å². The summed E-state index contributed by atoms with van der Waals surface area (Å²) in [5.74, 6) is 0.312. The second-order valence-electron chi connectivity index (χ2n) is 7.46. The number of thiazole rings is 1. The Balaban J connectivity index is 1.47. The number of piperazine rings is 1. The normalized spacial score (nSPS) is 21.8. The Morgan fingerprint density at radius 2 is 1.96 bits per heavy atom. The van der Waals surface area contributed by atoms with Gasteiger partial charge in [-0.05, 0) is 31.7 Å². The van der Waals surface area contributed by atoms with Gasteiger partial charge in [-0.25, -0.2) is 4.98 Å². The number of hydrogen-bond acceptors (Lipinski definition) is 5.